The molecule has 0 aliphatic rings. The van der Waals surface area contributed by atoms with Crippen molar-refractivity contribution < 1.29 is 0 Å². The Morgan fingerprint density at radius 1 is 0.420 bits per heavy atom. The van der Waals surface area contributed by atoms with Crippen LogP contribution in [0.15, 0.2) is 133 Å². The van der Waals surface area contributed by atoms with Crippen molar-refractivity contribution in [2.75, 3.05) is 9.80 Å². The van der Waals surface area contributed by atoms with Gasteiger partial charge in [-0.2, -0.15) is 0 Å². The van der Waals surface area contributed by atoms with Gasteiger partial charge in [-0.25, -0.2) is 0 Å². The van der Waals surface area contributed by atoms with Crippen LogP contribution in [0.4, 0.5) is 11.4 Å². The van der Waals surface area contributed by atoms with E-state index < -0.39 is 0 Å². The van der Waals surface area contributed by atoms with Crippen LogP contribution in [0.1, 0.15) is 35.6 Å². The largest absolute Gasteiger partial charge is 0.363 e. The predicted molar refractivity (Wildman–Crippen MR) is 215 cm³/mol. The summed E-state index contributed by atoms with van der Waals surface area (Å²) in [7, 11) is 0. The van der Waals surface area contributed by atoms with E-state index in [1.54, 1.807) is 0 Å². The molecule has 50 heavy (non-hydrogen) atoms. The summed E-state index contributed by atoms with van der Waals surface area (Å²) >= 11 is 25.0. The summed E-state index contributed by atoms with van der Waals surface area (Å²) in [5.41, 5.74) is 9.56. The van der Waals surface area contributed by atoms with Crippen LogP contribution in [0.5, 0.6) is 0 Å². The van der Waals surface area contributed by atoms with Gasteiger partial charge in [0.05, 0.1) is 0 Å². The maximum atomic E-state index is 6.25. The number of aryl methyl sites for hydroxylation is 1. The number of hydrogen-bond acceptors (Lipinski definition) is 2. The number of rotatable bonds is 12. The molecule has 0 amide bonds. The first-order chi connectivity index (χ1) is 24.3. The van der Waals surface area contributed by atoms with Gasteiger partial charge < -0.3 is 14.4 Å². The lowest BCUT2D eigenvalue weighted by atomic mass is 10.1. The van der Waals surface area contributed by atoms with E-state index in [1.807, 2.05) is 48.5 Å². The van der Waals surface area contributed by atoms with Crippen molar-refractivity contribution in [1.29, 1.82) is 0 Å². The van der Waals surface area contributed by atoms with Gasteiger partial charge in [-0.1, -0.05) is 102 Å². The first-order valence-electron chi connectivity index (χ1n) is 16.9. The number of hydrogen-bond donors (Lipinski definition) is 0. The van der Waals surface area contributed by atoms with E-state index in [4.69, 9.17) is 46.4 Å². The lowest BCUT2D eigenvalue weighted by Gasteiger charge is -2.26. The molecule has 1 heterocycles. The van der Waals surface area contributed by atoms with Crippen LogP contribution >= 0.6 is 46.4 Å². The van der Waals surface area contributed by atoms with E-state index in [-0.39, 0.29) is 0 Å². The summed E-state index contributed by atoms with van der Waals surface area (Å²) in [5, 5.41) is 5.42. The Balaban J connectivity index is 1.33. The SMILES string of the molecule is CCCn1c2ccc(N(Cc3ccc(Cl)cc3)Cc3ccc(Cl)cc3)cc2c2cc(N(Cc3ccc(Cl)cc3)Cc3ccc(Cl)cc3)ccc21. The maximum absolute atomic E-state index is 6.25. The Labute approximate surface area is 314 Å². The quantitative estimate of drug-likeness (QED) is 0.124. The van der Waals surface area contributed by atoms with Crippen LogP contribution < -0.4 is 9.80 Å². The first-order valence-corrected chi connectivity index (χ1v) is 18.4. The molecule has 7 aromatic rings. The van der Waals surface area contributed by atoms with Gasteiger partial charge in [-0.3, -0.25) is 0 Å². The highest BCUT2D eigenvalue weighted by molar-refractivity contribution is 6.31. The normalized spacial score (nSPS) is 11.4. The van der Waals surface area contributed by atoms with E-state index >= 15 is 0 Å². The fraction of sp³-hybridized carbons (Fsp3) is 0.163. The topological polar surface area (TPSA) is 11.4 Å². The number of nitrogens with zero attached hydrogens (tertiary/aromatic N) is 3. The van der Waals surface area contributed by atoms with Crippen LogP contribution in [0.25, 0.3) is 21.8 Å². The molecule has 1 aromatic heterocycles. The Kier molecular flexibility index (Phi) is 10.6. The summed E-state index contributed by atoms with van der Waals surface area (Å²) in [6.45, 7) is 6.12. The molecule has 3 nitrogen and oxygen atoms in total. The molecule has 0 unspecified atom stereocenters. The average Bonchev–Trinajstić information content (AvgIpc) is 3.43. The van der Waals surface area contributed by atoms with Crippen LogP contribution in [-0.2, 0) is 32.7 Å². The summed E-state index contributed by atoms with van der Waals surface area (Å²) in [6.07, 6.45) is 1.04. The Morgan fingerprint density at radius 3 is 1.00 bits per heavy atom. The third-order valence-electron chi connectivity index (χ3n) is 9.16. The summed E-state index contributed by atoms with van der Waals surface area (Å²) in [5.74, 6) is 0. The minimum absolute atomic E-state index is 0.736. The number of anilines is 2. The van der Waals surface area contributed by atoms with Gasteiger partial charge in [0.15, 0.2) is 0 Å². The van der Waals surface area contributed by atoms with Gasteiger partial charge in [0.1, 0.15) is 0 Å². The van der Waals surface area contributed by atoms with Gasteiger partial charge in [0.2, 0.25) is 0 Å². The zero-order valence-electron chi connectivity index (χ0n) is 27.8. The highest BCUT2D eigenvalue weighted by atomic mass is 35.5. The van der Waals surface area contributed by atoms with Crippen LogP contribution in [-0.4, -0.2) is 4.57 Å². The van der Waals surface area contributed by atoms with Crippen molar-refractivity contribution in [2.24, 2.45) is 0 Å². The molecular formula is C43H37Cl4N3. The van der Waals surface area contributed by atoms with E-state index in [0.29, 0.717) is 0 Å². The zero-order chi connectivity index (χ0) is 34.6. The van der Waals surface area contributed by atoms with E-state index in [9.17, 15) is 0 Å². The minimum atomic E-state index is 0.736. The third-order valence-corrected chi connectivity index (χ3v) is 10.2. The number of benzene rings is 6. The van der Waals surface area contributed by atoms with Crippen LogP contribution in [0.3, 0.4) is 0 Å². The standard InChI is InChI=1S/C43H37Cl4N3/c1-2-23-50-42-21-19-38(48(26-30-3-11-34(44)12-4-30)27-31-5-13-35(45)14-6-31)24-40(42)41-25-39(20-22-43(41)50)49(28-32-7-15-36(46)16-8-32)29-33-9-17-37(47)18-10-33/h3-22,24-25H,2,23,26-29H2,1H3. The van der Waals surface area contributed by atoms with Crippen molar-refractivity contribution in [3.05, 3.63) is 176 Å². The third kappa shape index (κ3) is 7.93. The molecule has 252 valence electrons. The summed E-state index contributed by atoms with van der Waals surface area (Å²) in [6, 6.07) is 46.3. The smallest absolute Gasteiger partial charge is 0.0492 e. The second-order valence-electron chi connectivity index (χ2n) is 12.8. The monoisotopic (exact) mass is 735 g/mol. The maximum Gasteiger partial charge on any atom is 0.0492 e. The molecule has 6 aromatic carbocycles. The molecule has 0 N–H and O–H groups in total. The second kappa shape index (κ2) is 15.4. The van der Waals surface area contributed by atoms with E-state index in [1.165, 1.54) is 44.1 Å². The van der Waals surface area contributed by atoms with Crippen molar-refractivity contribution in [3.63, 3.8) is 0 Å². The van der Waals surface area contributed by atoms with E-state index in [0.717, 1.165) is 70.6 Å². The van der Waals surface area contributed by atoms with Crippen LogP contribution in [0, 0.1) is 0 Å². The van der Waals surface area contributed by atoms with Gasteiger partial charge >= 0.3 is 0 Å². The summed E-state index contributed by atoms with van der Waals surface area (Å²) < 4.78 is 2.46. The minimum Gasteiger partial charge on any atom is -0.363 e. The number of aromatic nitrogens is 1. The molecule has 0 atom stereocenters. The molecule has 0 aliphatic heterocycles. The molecule has 0 bridgehead atoms. The molecule has 0 fully saturated rings. The summed E-state index contributed by atoms with van der Waals surface area (Å²) in [4.78, 5) is 4.85. The second-order valence-corrected chi connectivity index (χ2v) is 14.5. The van der Waals surface area contributed by atoms with Gasteiger partial charge in [-0.05, 0) is 114 Å². The van der Waals surface area contributed by atoms with Crippen molar-refractivity contribution in [3.8, 4) is 0 Å². The molecular weight excluding hydrogens is 700 g/mol. The Bertz CT molecular complexity index is 1960. The number of halogens is 4. The predicted octanol–water partition coefficient (Wildman–Crippen LogP) is 13.2. The number of fused-ring (bicyclic) bond motifs is 3. The molecule has 7 heteroatoms. The van der Waals surface area contributed by atoms with Gasteiger partial charge in [0, 0.05) is 86.0 Å². The molecule has 0 saturated carbocycles. The van der Waals surface area contributed by atoms with Crippen molar-refractivity contribution in [1.82, 2.24) is 4.57 Å². The molecule has 7 rings (SSSR count). The highest BCUT2D eigenvalue weighted by Crippen LogP contribution is 2.36. The fourth-order valence-corrected chi connectivity index (χ4v) is 7.16. The Hall–Kier alpha value is -4.12. The Morgan fingerprint density at radius 2 is 0.720 bits per heavy atom. The highest BCUT2D eigenvalue weighted by Gasteiger charge is 2.17. The molecule has 0 radical (unpaired) electrons. The first kappa shape index (κ1) is 34.3. The lowest BCUT2D eigenvalue weighted by Crippen LogP contribution is -2.22. The zero-order valence-corrected chi connectivity index (χ0v) is 30.8. The van der Waals surface area contributed by atoms with E-state index in [2.05, 4.69) is 106 Å². The van der Waals surface area contributed by atoms with Crippen molar-refractivity contribution >= 4 is 79.6 Å². The van der Waals surface area contributed by atoms with Gasteiger partial charge in [0.25, 0.3) is 0 Å². The molecule has 0 saturated heterocycles. The fourth-order valence-electron chi connectivity index (χ4n) is 6.66. The molecule has 0 aliphatic carbocycles. The van der Waals surface area contributed by atoms with Gasteiger partial charge in [-0.15, -0.1) is 0 Å². The van der Waals surface area contributed by atoms with Crippen molar-refractivity contribution in [2.45, 2.75) is 46.1 Å². The lowest BCUT2D eigenvalue weighted by molar-refractivity contribution is 0.723. The molecule has 0 spiro atoms. The van der Waals surface area contributed by atoms with Crippen LogP contribution in [0.2, 0.25) is 20.1 Å². The average molecular weight is 738 g/mol.